The number of carboxylic acid groups (broad SMARTS) is 1. The molecule has 1 N–H and O–H groups in total. The van der Waals surface area contributed by atoms with E-state index in [1.807, 2.05) is 18.2 Å². The minimum Gasteiger partial charge on any atom is -0.490 e. The van der Waals surface area contributed by atoms with Crippen LogP contribution in [0.15, 0.2) is 28.7 Å². The van der Waals surface area contributed by atoms with Gasteiger partial charge >= 0.3 is 5.97 Å². The Balaban J connectivity index is 2.07. The Kier molecular flexibility index (Phi) is 5.85. The van der Waals surface area contributed by atoms with Gasteiger partial charge < -0.3 is 9.84 Å². The van der Waals surface area contributed by atoms with Crippen LogP contribution in [0.4, 0.5) is 0 Å². The normalized spacial score (nSPS) is 22.4. The molecule has 0 heterocycles. The minimum absolute atomic E-state index is 0.242. The lowest BCUT2D eigenvalue weighted by atomic mass is 9.86. The topological polar surface area (TPSA) is 46.5 Å². The summed E-state index contributed by atoms with van der Waals surface area (Å²) in [5.74, 6) is 0.640. The fourth-order valence-corrected chi connectivity index (χ4v) is 3.13. The molecule has 0 atom stereocenters. The summed E-state index contributed by atoms with van der Waals surface area (Å²) >= 11 is 3.41. The van der Waals surface area contributed by atoms with E-state index in [9.17, 15) is 4.79 Å². The molecule has 0 spiro atoms. The van der Waals surface area contributed by atoms with Crippen LogP contribution in [-0.4, -0.2) is 17.2 Å². The maximum Gasteiger partial charge on any atom is 0.328 e. The van der Waals surface area contributed by atoms with Crippen molar-refractivity contribution in [2.24, 2.45) is 5.92 Å². The molecule has 0 bridgehead atoms. The van der Waals surface area contributed by atoms with Crippen molar-refractivity contribution in [3.8, 4) is 5.75 Å². The SMILES string of the molecule is CCC1CCC(Oc2ccc(Br)cc2C=CC(=O)O)CC1. The molecule has 1 aromatic carbocycles. The van der Waals surface area contributed by atoms with Crippen LogP contribution in [-0.2, 0) is 4.79 Å². The molecule has 0 aromatic heterocycles. The van der Waals surface area contributed by atoms with E-state index < -0.39 is 5.97 Å². The van der Waals surface area contributed by atoms with Gasteiger partial charge in [0.2, 0.25) is 0 Å². The zero-order chi connectivity index (χ0) is 15.2. The van der Waals surface area contributed by atoms with E-state index in [1.54, 1.807) is 6.08 Å². The number of hydrogen-bond donors (Lipinski definition) is 1. The molecule has 0 unspecified atom stereocenters. The average Bonchev–Trinajstić information content (AvgIpc) is 2.48. The molecule has 1 aliphatic rings. The molecule has 4 heteroatoms. The van der Waals surface area contributed by atoms with Gasteiger partial charge in [-0.1, -0.05) is 29.3 Å². The molecule has 0 amide bonds. The van der Waals surface area contributed by atoms with Crippen molar-refractivity contribution in [3.63, 3.8) is 0 Å². The summed E-state index contributed by atoms with van der Waals surface area (Å²) in [4.78, 5) is 10.7. The van der Waals surface area contributed by atoms with Gasteiger partial charge in [0, 0.05) is 16.1 Å². The monoisotopic (exact) mass is 352 g/mol. The number of hydrogen-bond acceptors (Lipinski definition) is 2. The van der Waals surface area contributed by atoms with Gasteiger partial charge in [0.1, 0.15) is 5.75 Å². The molecule has 1 fully saturated rings. The van der Waals surface area contributed by atoms with Crippen molar-refractivity contribution in [1.29, 1.82) is 0 Å². The maximum absolute atomic E-state index is 10.7. The molecule has 0 radical (unpaired) electrons. The summed E-state index contributed by atoms with van der Waals surface area (Å²) in [5.41, 5.74) is 0.796. The van der Waals surface area contributed by atoms with Crippen molar-refractivity contribution in [3.05, 3.63) is 34.3 Å². The highest BCUT2D eigenvalue weighted by atomic mass is 79.9. The van der Waals surface area contributed by atoms with E-state index in [0.717, 1.165) is 40.6 Å². The van der Waals surface area contributed by atoms with E-state index in [-0.39, 0.29) is 6.10 Å². The standard InChI is InChI=1S/C17H21BrO3/c1-2-12-3-7-15(8-4-12)21-16-9-6-14(18)11-13(16)5-10-17(19)20/h5-6,9-12,15H,2-4,7-8H2,1H3,(H,19,20). The molecule has 21 heavy (non-hydrogen) atoms. The van der Waals surface area contributed by atoms with Crippen LogP contribution in [0, 0.1) is 5.92 Å². The van der Waals surface area contributed by atoms with Crippen LogP contribution in [0.3, 0.4) is 0 Å². The minimum atomic E-state index is -0.954. The summed E-state index contributed by atoms with van der Waals surface area (Å²) in [7, 11) is 0. The number of rotatable bonds is 5. The first-order valence-corrected chi connectivity index (χ1v) is 8.25. The third kappa shape index (κ3) is 4.88. The van der Waals surface area contributed by atoms with Gasteiger partial charge in [-0.25, -0.2) is 4.79 Å². The summed E-state index contributed by atoms with van der Waals surface area (Å²) in [6, 6.07) is 5.70. The molecule has 0 saturated heterocycles. The first-order chi connectivity index (χ1) is 10.1. The van der Waals surface area contributed by atoms with Gasteiger partial charge in [-0.05, 0) is 55.9 Å². The highest BCUT2D eigenvalue weighted by Gasteiger charge is 2.21. The smallest absolute Gasteiger partial charge is 0.328 e. The Bertz CT molecular complexity index is 517. The second-order valence-corrected chi connectivity index (χ2v) is 6.44. The lowest BCUT2D eigenvalue weighted by Gasteiger charge is -2.28. The van der Waals surface area contributed by atoms with Gasteiger partial charge in [0.25, 0.3) is 0 Å². The summed E-state index contributed by atoms with van der Waals surface area (Å²) in [6.45, 7) is 2.25. The number of aliphatic carboxylic acids is 1. The van der Waals surface area contributed by atoms with Gasteiger partial charge in [-0.2, -0.15) is 0 Å². The fourth-order valence-electron chi connectivity index (χ4n) is 2.76. The fraction of sp³-hybridized carbons (Fsp3) is 0.471. The summed E-state index contributed by atoms with van der Waals surface area (Å²) < 4.78 is 7.01. The number of halogens is 1. The van der Waals surface area contributed by atoms with Gasteiger partial charge in [-0.15, -0.1) is 0 Å². The number of benzene rings is 1. The second-order valence-electron chi connectivity index (χ2n) is 5.52. The number of carboxylic acids is 1. The largest absolute Gasteiger partial charge is 0.490 e. The van der Waals surface area contributed by atoms with Crippen molar-refractivity contribution in [2.75, 3.05) is 0 Å². The van der Waals surface area contributed by atoms with Crippen molar-refractivity contribution in [2.45, 2.75) is 45.1 Å². The third-order valence-electron chi connectivity index (χ3n) is 4.04. The predicted molar refractivity (Wildman–Crippen MR) is 87.5 cm³/mol. The van der Waals surface area contributed by atoms with E-state index in [4.69, 9.17) is 9.84 Å². The summed E-state index contributed by atoms with van der Waals surface area (Å²) in [6.07, 6.45) is 8.81. The molecular formula is C17H21BrO3. The molecule has 114 valence electrons. The molecule has 1 aromatic rings. The van der Waals surface area contributed by atoms with Gasteiger partial charge in [-0.3, -0.25) is 0 Å². The van der Waals surface area contributed by atoms with Crippen molar-refractivity contribution >= 4 is 28.0 Å². The lowest BCUT2D eigenvalue weighted by molar-refractivity contribution is -0.131. The maximum atomic E-state index is 10.7. The zero-order valence-corrected chi connectivity index (χ0v) is 13.8. The van der Waals surface area contributed by atoms with Crippen LogP contribution in [0.1, 0.15) is 44.6 Å². The van der Waals surface area contributed by atoms with Gasteiger partial charge in [0.05, 0.1) is 6.10 Å². The average molecular weight is 353 g/mol. The van der Waals surface area contributed by atoms with E-state index >= 15 is 0 Å². The Morgan fingerprint density at radius 2 is 2.10 bits per heavy atom. The van der Waals surface area contributed by atoms with Crippen LogP contribution < -0.4 is 4.74 Å². The Hall–Kier alpha value is -1.29. The van der Waals surface area contributed by atoms with Crippen molar-refractivity contribution < 1.29 is 14.6 Å². The molecule has 2 rings (SSSR count). The van der Waals surface area contributed by atoms with Crippen LogP contribution >= 0.6 is 15.9 Å². The highest BCUT2D eigenvalue weighted by molar-refractivity contribution is 9.10. The summed E-state index contributed by atoms with van der Waals surface area (Å²) in [5, 5.41) is 8.77. The molecular weight excluding hydrogens is 332 g/mol. The van der Waals surface area contributed by atoms with Crippen molar-refractivity contribution in [1.82, 2.24) is 0 Å². The Morgan fingerprint density at radius 3 is 2.71 bits per heavy atom. The van der Waals surface area contributed by atoms with Crippen LogP contribution in [0.2, 0.25) is 0 Å². The zero-order valence-electron chi connectivity index (χ0n) is 12.2. The van der Waals surface area contributed by atoms with Crippen LogP contribution in [0.5, 0.6) is 5.75 Å². The van der Waals surface area contributed by atoms with Crippen LogP contribution in [0.25, 0.3) is 6.08 Å². The molecule has 1 aliphatic carbocycles. The molecule has 3 nitrogen and oxygen atoms in total. The quantitative estimate of drug-likeness (QED) is 0.767. The highest BCUT2D eigenvalue weighted by Crippen LogP contribution is 2.32. The number of carbonyl (C=O) groups is 1. The van der Waals surface area contributed by atoms with E-state index in [2.05, 4.69) is 22.9 Å². The third-order valence-corrected chi connectivity index (χ3v) is 4.54. The first kappa shape index (κ1) is 16.1. The molecule has 0 aliphatic heterocycles. The van der Waals surface area contributed by atoms with E-state index in [1.165, 1.54) is 19.3 Å². The lowest BCUT2D eigenvalue weighted by Crippen LogP contribution is -2.24. The van der Waals surface area contributed by atoms with Gasteiger partial charge in [0.15, 0.2) is 0 Å². The second kappa shape index (κ2) is 7.64. The van der Waals surface area contributed by atoms with E-state index in [0.29, 0.717) is 0 Å². The first-order valence-electron chi connectivity index (χ1n) is 7.45. The Labute approximate surface area is 134 Å². The predicted octanol–water partition coefficient (Wildman–Crippen LogP) is 4.89. The number of ether oxygens (including phenoxy) is 1. The Morgan fingerprint density at radius 1 is 1.38 bits per heavy atom. The molecule has 1 saturated carbocycles.